The zero-order valence-electron chi connectivity index (χ0n) is 18.5. The third-order valence-electron chi connectivity index (χ3n) is 5.84. The molecule has 6 nitrogen and oxygen atoms in total. The van der Waals surface area contributed by atoms with Crippen molar-refractivity contribution in [2.75, 3.05) is 36.5 Å². The van der Waals surface area contributed by atoms with Gasteiger partial charge in [-0.1, -0.05) is 42.5 Å². The first-order valence-electron chi connectivity index (χ1n) is 11.2. The standard InChI is InChI=1S/C25H30N4O2S/c1-19-17-20(18-28-13-15-32-16-14-28)7-8-22(19)26-24(30)9-10-25(31)29-12-11-23(27-29)21-5-3-2-4-6-21/h2-8,17H,9-16,18H2,1H3,(H,26,30). The number of hydrogen-bond acceptors (Lipinski definition) is 5. The lowest BCUT2D eigenvalue weighted by Gasteiger charge is -2.26. The van der Waals surface area contributed by atoms with E-state index in [0.717, 1.165) is 48.6 Å². The quantitative estimate of drug-likeness (QED) is 0.695. The van der Waals surface area contributed by atoms with Crippen molar-refractivity contribution in [1.29, 1.82) is 0 Å². The van der Waals surface area contributed by atoms with E-state index in [0.29, 0.717) is 6.54 Å². The Kier molecular flexibility index (Phi) is 7.60. The van der Waals surface area contributed by atoms with E-state index in [1.54, 1.807) is 0 Å². The average Bonchev–Trinajstić information content (AvgIpc) is 3.31. The van der Waals surface area contributed by atoms with Crippen LogP contribution < -0.4 is 5.32 Å². The van der Waals surface area contributed by atoms with Gasteiger partial charge in [-0.2, -0.15) is 16.9 Å². The summed E-state index contributed by atoms with van der Waals surface area (Å²) in [5.74, 6) is 2.14. The van der Waals surface area contributed by atoms with Gasteiger partial charge in [-0.05, 0) is 29.7 Å². The minimum Gasteiger partial charge on any atom is -0.326 e. The molecule has 0 atom stereocenters. The molecular formula is C25H30N4O2S. The zero-order chi connectivity index (χ0) is 22.3. The van der Waals surface area contributed by atoms with Crippen LogP contribution in [0.25, 0.3) is 0 Å². The number of amides is 2. The van der Waals surface area contributed by atoms with E-state index in [1.807, 2.05) is 55.1 Å². The van der Waals surface area contributed by atoms with Crippen LogP contribution in [0.2, 0.25) is 0 Å². The number of nitrogens with zero attached hydrogens (tertiary/aromatic N) is 3. The number of hydrogen-bond donors (Lipinski definition) is 1. The number of anilines is 1. The molecule has 2 amide bonds. The van der Waals surface area contributed by atoms with Crippen molar-refractivity contribution in [3.8, 4) is 0 Å². The number of rotatable bonds is 7. The molecule has 4 rings (SSSR count). The largest absolute Gasteiger partial charge is 0.326 e. The normalized spacial score (nSPS) is 16.7. The second kappa shape index (κ2) is 10.8. The number of carbonyl (C=O) groups excluding carboxylic acids is 2. The fraction of sp³-hybridized carbons (Fsp3) is 0.400. The molecule has 32 heavy (non-hydrogen) atoms. The predicted molar refractivity (Wildman–Crippen MR) is 131 cm³/mol. The van der Waals surface area contributed by atoms with Crippen LogP contribution in [0.3, 0.4) is 0 Å². The maximum Gasteiger partial charge on any atom is 0.243 e. The minimum absolute atomic E-state index is 0.113. The molecule has 1 N–H and O–H groups in total. The van der Waals surface area contributed by atoms with Crippen LogP contribution in [0.1, 0.15) is 36.0 Å². The number of benzene rings is 2. The predicted octanol–water partition coefficient (Wildman–Crippen LogP) is 3.90. The van der Waals surface area contributed by atoms with Crippen LogP contribution in [0.15, 0.2) is 53.6 Å². The molecule has 1 saturated heterocycles. The molecule has 0 saturated carbocycles. The minimum atomic E-state index is -0.145. The maximum atomic E-state index is 12.5. The molecule has 168 valence electrons. The fourth-order valence-electron chi connectivity index (χ4n) is 4.01. The molecular weight excluding hydrogens is 420 g/mol. The van der Waals surface area contributed by atoms with Gasteiger partial charge in [0.1, 0.15) is 0 Å². The van der Waals surface area contributed by atoms with Crippen LogP contribution in [-0.4, -0.2) is 58.6 Å². The van der Waals surface area contributed by atoms with Gasteiger partial charge in [0, 0.05) is 56.1 Å². The molecule has 2 aromatic rings. The van der Waals surface area contributed by atoms with E-state index in [-0.39, 0.29) is 24.7 Å². The molecule has 2 aliphatic rings. The van der Waals surface area contributed by atoms with Gasteiger partial charge < -0.3 is 5.32 Å². The Labute approximate surface area is 194 Å². The van der Waals surface area contributed by atoms with E-state index in [2.05, 4.69) is 27.5 Å². The SMILES string of the molecule is Cc1cc(CN2CCSCC2)ccc1NC(=O)CCC(=O)N1CCC(c2ccccc2)=N1. The summed E-state index contributed by atoms with van der Waals surface area (Å²) in [6.07, 6.45) is 1.05. The van der Waals surface area contributed by atoms with Crippen molar-refractivity contribution >= 4 is 35.0 Å². The van der Waals surface area contributed by atoms with E-state index in [1.165, 1.54) is 22.1 Å². The lowest BCUT2D eigenvalue weighted by Crippen LogP contribution is -2.31. The molecule has 0 radical (unpaired) electrons. The van der Waals surface area contributed by atoms with E-state index in [4.69, 9.17) is 0 Å². The van der Waals surface area contributed by atoms with Crippen molar-refractivity contribution in [1.82, 2.24) is 9.91 Å². The van der Waals surface area contributed by atoms with Crippen molar-refractivity contribution in [3.63, 3.8) is 0 Å². The molecule has 0 bridgehead atoms. The summed E-state index contributed by atoms with van der Waals surface area (Å²) in [6, 6.07) is 16.1. The third kappa shape index (κ3) is 5.99. The lowest BCUT2D eigenvalue weighted by molar-refractivity contribution is -0.132. The molecule has 1 fully saturated rings. The van der Waals surface area contributed by atoms with Gasteiger partial charge in [0.15, 0.2) is 0 Å². The van der Waals surface area contributed by atoms with Crippen LogP contribution in [0.5, 0.6) is 0 Å². The highest BCUT2D eigenvalue weighted by molar-refractivity contribution is 7.99. The summed E-state index contributed by atoms with van der Waals surface area (Å²) >= 11 is 2.01. The summed E-state index contributed by atoms with van der Waals surface area (Å²) in [5, 5.41) is 8.91. The summed E-state index contributed by atoms with van der Waals surface area (Å²) in [6.45, 7) is 5.79. The Morgan fingerprint density at radius 3 is 2.56 bits per heavy atom. The van der Waals surface area contributed by atoms with Gasteiger partial charge in [0.05, 0.1) is 12.3 Å². The molecule has 0 unspecified atom stereocenters. The monoisotopic (exact) mass is 450 g/mol. The summed E-state index contributed by atoms with van der Waals surface area (Å²) in [7, 11) is 0. The van der Waals surface area contributed by atoms with Crippen LogP contribution in [0.4, 0.5) is 5.69 Å². The second-order valence-electron chi connectivity index (χ2n) is 8.27. The fourth-order valence-corrected chi connectivity index (χ4v) is 4.99. The number of thioether (sulfide) groups is 1. The first-order chi connectivity index (χ1) is 15.6. The second-order valence-corrected chi connectivity index (χ2v) is 9.49. The van der Waals surface area contributed by atoms with Crippen LogP contribution >= 0.6 is 11.8 Å². The number of hydrazone groups is 1. The van der Waals surface area contributed by atoms with E-state index < -0.39 is 0 Å². The highest BCUT2D eigenvalue weighted by Gasteiger charge is 2.22. The summed E-state index contributed by atoms with van der Waals surface area (Å²) < 4.78 is 0. The van der Waals surface area contributed by atoms with Gasteiger partial charge in [-0.25, -0.2) is 5.01 Å². The van der Waals surface area contributed by atoms with Crippen molar-refractivity contribution in [2.24, 2.45) is 5.10 Å². The highest BCUT2D eigenvalue weighted by Crippen LogP contribution is 2.20. The van der Waals surface area contributed by atoms with Gasteiger partial charge in [-0.3, -0.25) is 14.5 Å². The topological polar surface area (TPSA) is 65.0 Å². The number of carbonyl (C=O) groups is 2. The van der Waals surface area contributed by atoms with Crippen LogP contribution in [0, 0.1) is 6.92 Å². The van der Waals surface area contributed by atoms with Gasteiger partial charge in [0.25, 0.3) is 0 Å². The molecule has 2 aromatic carbocycles. The number of nitrogens with one attached hydrogen (secondary N) is 1. The summed E-state index contributed by atoms with van der Waals surface area (Å²) in [4.78, 5) is 27.4. The number of aryl methyl sites for hydroxylation is 1. The summed E-state index contributed by atoms with van der Waals surface area (Å²) in [5.41, 5.74) is 5.08. The van der Waals surface area contributed by atoms with Crippen LogP contribution in [-0.2, 0) is 16.1 Å². The Morgan fingerprint density at radius 1 is 1.03 bits per heavy atom. The van der Waals surface area contributed by atoms with Crippen molar-refractivity contribution in [3.05, 3.63) is 65.2 Å². The molecule has 7 heteroatoms. The van der Waals surface area contributed by atoms with E-state index >= 15 is 0 Å². The lowest BCUT2D eigenvalue weighted by atomic mass is 10.1. The van der Waals surface area contributed by atoms with E-state index in [9.17, 15) is 9.59 Å². The first kappa shape index (κ1) is 22.6. The third-order valence-corrected chi connectivity index (χ3v) is 6.78. The molecule has 2 aliphatic heterocycles. The Bertz CT molecular complexity index is 987. The molecule has 0 aliphatic carbocycles. The molecule has 0 aromatic heterocycles. The maximum absolute atomic E-state index is 12.5. The molecule has 2 heterocycles. The Morgan fingerprint density at radius 2 is 1.81 bits per heavy atom. The van der Waals surface area contributed by atoms with Crippen molar-refractivity contribution in [2.45, 2.75) is 32.7 Å². The zero-order valence-corrected chi connectivity index (χ0v) is 19.4. The van der Waals surface area contributed by atoms with Gasteiger partial charge in [0.2, 0.25) is 11.8 Å². The van der Waals surface area contributed by atoms with Gasteiger partial charge >= 0.3 is 0 Å². The smallest absolute Gasteiger partial charge is 0.243 e. The molecule has 0 spiro atoms. The van der Waals surface area contributed by atoms with Crippen molar-refractivity contribution < 1.29 is 9.59 Å². The first-order valence-corrected chi connectivity index (χ1v) is 12.4. The van der Waals surface area contributed by atoms with Gasteiger partial charge in [-0.15, -0.1) is 0 Å². The average molecular weight is 451 g/mol. The highest BCUT2D eigenvalue weighted by atomic mass is 32.2. The Hall–Kier alpha value is -2.64. The Balaban J connectivity index is 1.25.